The van der Waals surface area contributed by atoms with Crippen LogP contribution in [-0.2, 0) is 16.1 Å². The molecule has 1 aromatic rings. The van der Waals surface area contributed by atoms with Crippen LogP contribution in [0.25, 0.3) is 0 Å². The van der Waals surface area contributed by atoms with Gasteiger partial charge >= 0.3 is 11.9 Å². The molecule has 1 aliphatic rings. The molecule has 7 nitrogen and oxygen atoms in total. The van der Waals surface area contributed by atoms with Crippen LogP contribution < -0.4 is 4.74 Å². The third kappa shape index (κ3) is 7.84. The smallest absolute Gasteiger partial charge is 0.414 e. The summed E-state index contributed by atoms with van der Waals surface area (Å²) in [6.07, 6.45) is 1.25. The molecule has 1 unspecified atom stereocenters. The Kier molecular flexibility index (Phi) is 9.69. The maximum Gasteiger partial charge on any atom is 0.414 e. The van der Waals surface area contributed by atoms with Crippen molar-refractivity contribution in [1.29, 1.82) is 0 Å². The van der Waals surface area contributed by atoms with Crippen molar-refractivity contribution in [3.63, 3.8) is 0 Å². The molecule has 146 valence electrons. The van der Waals surface area contributed by atoms with E-state index in [1.165, 1.54) is 38.2 Å². The minimum atomic E-state index is -1.82. The van der Waals surface area contributed by atoms with E-state index in [1.54, 1.807) is 0 Å². The van der Waals surface area contributed by atoms with E-state index < -0.39 is 11.9 Å². The van der Waals surface area contributed by atoms with Crippen molar-refractivity contribution in [3.05, 3.63) is 29.8 Å². The van der Waals surface area contributed by atoms with Crippen LogP contribution in [0.1, 0.15) is 32.8 Å². The van der Waals surface area contributed by atoms with Crippen molar-refractivity contribution in [2.45, 2.75) is 39.8 Å². The lowest BCUT2D eigenvalue weighted by Crippen LogP contribution is -2.48. The van der Waals surface area contributed by atoms with E-state index >= 15 is 0 Å². The molecule has 7 heteroatoms. The SMILES string of the molecule is CCOc1ccc(CN2CCN(C(C)CC)CC2)cc1.O=C(O)C(=O)O. The van der Waals surface area contributed by atoms with Gasteiger partial charge in [-0.3, -0.25) is 9.80 Å². The lowest BCUT2D eigenvalue weighted by Gasteiger charge is -2.37. The van der Waals surface area contributed by atoms with Gasteiger partial charge in [-0.05, 0) is 38.0 Å². The van der Waals surface area contributed by atoms with E-state index in [2.05, 4.69) is 47.9 Å². The van der Waals surface area contributed by atoms with Crippen molar-refractivity contribution in [1.82, 2.24) is 9.80 Å². The minimum absolute atomic E-state index is 0.725. The van der Waals surface area contributed by atoms with E-state index in [-0.39, 0.29) is 0 Å². The summed E-state index contributed by atoms with van der Waals surface area (Å²) in [5.41, 5.74) is 1.38. The molecule has 1 heterocycles. The van der Waals surface area contributed by atoms with Gasteiger partial charge in [-0.15, -0.1) is 0 Å². The van der Waals surface area contributed by atoms with Crippen molar-refractivity contribution < 1.29 is 24.5 Å². The molecule has 0 saturated carbocycles. The summed E-state index contributed by atoms with van der Waals surface area (Å²) in [6, 6.07) is 9.25. The predicted octanol–water partition coefficient (Wildman–Crippen LogP) is 2.16. The second kappa shape index (κ2) is 11.5. The van der Waals surface area contributed by atoms with Gasteiger partial charge in [0.05, 0.1) is 6.61 Å². The number of benzene rings is 1. The molecule has 26 heavy (non-hydrogen) atoms. The number of aliphatic carboxylic acids is 2. The summed E-state index contributed by atoms with van der Waals surface area (Å²) in [4.78, 5) is 23.4. The quantitative estimate of drug-likeness (QED) is 0.746. The molecule has 1 aromatic carbocycles. The summed E-state index contributed by atoms with van der Waals surface area (Å²) in [7, 11) is 0. The Balaban J connectivity index is 0.000000487. The lowest BCUT2D eigenvalue weighted by atomic mass is 10.1. The zero-order valence-corrected chi connectivity index (χ0v) is 15.9. The molecular formula is C19H30N2O5. The molecule has 0 aliphatic carbocycles. The highest BCUT2D eigenvalue weighted by Gasteiger charge is 2.19. The van der Waals surface area contributed by atoms with Gasteiger partial charge in [-0.25, -0.2) is 9.59 Å². The largest absolute Gasteiger partial charge is 0.494 e. The molecule has 2 rings (SSSR count). The molecule has 2 N–H and O–H groups in total. The highest BCUT2D eigenvalue weighted by molar-refractivity contribution is 6.27. The first kappa shape index (κ1) is 21.9. The summed E-state index contributed by atoms with van der Waals surface area (Å²) >= 11 is 0. The van der Waals surface area contributed by atoms with Crippen LogP contribution in [0.4, 0.5) is 0 Å². The Hall–Kier alpha value is -2.12. The fraction of sp³-hybridized carbons (Fsp3) is 0.579. The maximum absolute atomic E-state index is 9.10. The van der Waals surface area contributed by atoms with Gasteiger partial charge in [-0.1, -0.05) is 19.1 Å². The third-order valence-electron chi connectivity index (χ3n) is 4.44. The number of carboxylic acids is 2. The fourth-order valence-corrected chi connectivity index (χ4v) is 2.74. The van der Waals surface area contributed by atoms with Gasteiger partial charge in [-0.2, -0.15) is 0 Å². The average Bonchev–Trinajstić information content (AvgIpc) is 2.64. The van der Waals surface area contributed by atoms with Crippen LogP contribution in [0.5, 0.6) is 5.75 Å². The molecule has 0 aromatic heterocycles. The molecule has 0 radical (unpaired) electrons. The number of hydrogen-bond donors (Lipinski definition) is 2. The number of carboxylic acid groups (broad SMARTS) is 2. The predicted molar refractivity (Wildman–Crippen MR) is 99.5 cm³/mol. The second-order valence-corrected chi connectivity index (χ2v) is 6.26. The number of rotatable bonds is 6. The molecule has 1 aliphatic heterocycles. The molecule has 1 atom stereocenters. The standard InChI is InChI=1S/C17H28N2O.C2H2O4/c1-4-15(3)19-12-10-18(11-13-19)14-16-6-8-17(9-7-16)20-5-2;3-1(4)2(5)6/h6-9,15H,4-5,10-14H2,1-3H3;(H,3,4)(H,5,6). The van der Waals surface area contributed by atoms with Crippen LogP contribution in [0.3, 0.4) is 0 Å². The highest BCUT2D eigenvalue weighted by atomic mass is 16.5. The van der Waals surface area contributed by atoms with Crippen LogP contribution in [-0.4, -0.2) is 70.8 Å². The first-order valence-electron chi connectivity index (χ1n) is 9.01. The number of ether oxygens (including phenoxy) is 1. The molecule has 1 fully saturated rings. The number of carbonyl (C=O) groups is 2. The van der Waals surface area contributed by atoms with Crippen molar-refractivity contribution in [2.24, 2.45) is 0 Å². The van der Waals surface area contributed by atoms with E-state index in [0.29, 0.717) is 0 Å². The van der Waals surface area contributed by atoms with Gasteiger partial charge in [0, 0.05) is 38.8 Å². The van der Waals surface area contributed by atoms with E-state index in [9.17, 15) is 0 Å². The van der Waals surface area contributed by atoms with Gasteiger partial charge in [0.2, 0.25) is 0 Å². The van der Waals surface area contributed by atoms with E-state index in [1.807, 2.05) is 6.92 Å². The molecule has 0 spiro atoms. The van der Waals surface area contributed by atoms with Crippen molar-refractivity contribution >= 4 is 11.9 Å². The van der Waals surface area contributed by atoms with Crippen LogP contribution in [0, 0.1) is 0 Å². The van der Waals surface area contributed by atoms with E-state index in [0.717, 1.165) is 24.9 Å². The Morgan fingerprint density at radius 1 is 1.04 bits per heavy atom. The Labute approximate surface area is 155 Å². The molecule has 1 saturated heterocycles. The van der Waals surface area contributed by atoms with Crippen LogP contribution >= 0.6 is 0 Å². The number of piperazine rings is 1. The van der Waals surface area contributed by atoms with Crippen LogP contribution in [0.2, 0.25) is 0 Å². The Morgan fingerprint density at radius 2 is 1.58 bits per heavy atom. The summed E-state index contributed by atoms with van der Waals surface area (Å²) in [6.45, 7) is 13.2. The van der Waals surface area contributed by atoms with Crippen LogP contribution in [0.15, 0.2) is 24.3 Å². The minimum Gasteiger partial charge on any atom is -0.494 e. The lowest BCUT2D eigenvalue weighted by molar-refractivity contribution is -0.159. The first-order chi connectivity index (χ1) is 12.4. The molecule has 0 bridgehead atoms. The Morgan fingerprint density at radius 3 is 2.00 bits per heavy atom. The van der Waals surface area contributed by atoms with Crippen molar-refractivity contribution in [2.75, 3.05) is 32.8 Å². The molecular weight excluding hydrogens is 336 g/mol. The van der Waals surface area contributed by atoms with Gasteiger partial charge < -0.3 is 14.9 Å². The monoisotopic (exact) mass is 366 g/mol. The third-order valence-corrected chi connectivity index (χ3v) is 4.44. The van der Waals surface area contributed by atoms with E-state index in [4.69, 9.17) is 24.5 Å². The average molecular weight is 366 g/mol. The maximum atomic E-state index is 9.10. The topological polar surface area (TPSA) is 90.3 Å². The fourth-order valence-electron chi connectivity index (χ4n) is 2.74. The summed E-state index contributed by atoms with van der Waals surface area (Å²) < 4.78 is 5.48. The first-order valence-corrected chi connectivity index (χ1v) is 9.01. The number of hydrogen-bond acceptors (Lipinski definition) is 5. The summed E-state index contributed by atoms with van der Waals surface area (Å²) in [5.74, 6) is -2.68. The van der Waals surface area contributed by atoms with Gasteiger partial charge in [0.1, 0.15) is 5.75 Å². The highest BCUT2D eigenvalue weighted by Crippen LogP contribution is 2.15. The van der Waals surface area contributed by atoms with Gasteiger partial charge in [0.25, 0.3) is 0 Å². The van der Waals surface area contributed by atoms with Gasteiger partial charge in [0.15, 0.2) is 0 Å². The summed E-state index contributed by atoms with van der Waals surface area (Å²) in [5, 5.41) is 14.8. The zero-order chi connectivity index (χ0) is 19.5. The second-order valence-electron chi connectivity index (χ2n) is 6.26. The zero-order valence-electron chi connectivity index (χ0n) is 15.9. The normalized spacial score (nSPS) is 16.3. The molecule has 0 amide bonds. The Bertz CT molecular complexity index is 542. The van der Waals surface area contributed by atoms with Crippen molar-refractivity contribution in [3.8, 4) is 5.75 Å². The number of nitrogens with zero attached hydrogens (tertiary/aromatic N) is 2.